The first-order valence-electron chi connectivity index (χ1n) is 12.9. The predicted molar refractivity (Wildman–Crippen MR) is 143 cm³/mol. The van der Waals surface area contributed by atoms with Gasteiger partial charge in [-0.25, -0.2) is 0 Å². The molecular weight excluding hydrogens is 448 g/mol. The molecule has 0 spiro atoms. The summed E-state index contributed by atoms with van der Waals surface area (Å²) >= 11 is 0. The van der Waals surface area contributed by atoms with E-state index in [4.69, 9.17) is 4.74 Å². The Morgan fingerprint density at radius 2 is 1.61 bits per heavy atom. The van der Waals surface area contributed by atoms with E-state index in [1.54, 1.807) is 12.1 Å². The summed E-state index contributed by atoms with van der Waals surface area (Å²) in [6, 6.07) is 25.0. The lowest BCUT2D eigenvalue weighted by molar-refractivity contribution is -0.122. The number of hydrogen-bond acceptors (Lipinski definition) is 4. The van der Waals surface area contributed by atoms with Crippen LogP contribution in [-0.4, -0.2) is 35.7 Å². The standard InChI is InChI=1S/C31H36N2O3/c1-23(2)19-28(29(34)21-33-18-10-15-25-13-6-7-14-26(25)20-33)32-31(35)27-16-8-9-17-30(27)36-22-24-11-4-3-5-12-24/h3-9,11-14,16-17,23,28H,10,15,18-22H2,1-2H3,(H,32,35)/t28-/m0/s1. The molecule has 4 rings (SSSR count). The van der Waals surface area contributed by atoms with Crippen molar-refractivity contribution in [3.63, 3.8) is 0 Å². The van der Waals surface area contributed by atoms with Gasteiger partial charge in [0.2, 0.25) is 0 Å². The molecule has 1 aliphatic rings. The number of fused-ring (bicyclic) bond motifs is 1. The Morgan fingerprint density at radius 3 is 2.39 bits per heavy atom. The second-order valence-electron chi connectivity index (χ2n) is 9.98. The highest BCUT2D eigenvalue weighted by atomic mass is 16.5. The average molecular weight is 485 g/mol. The van der Waals surface area contributed by atoms with Crippen LogP contribution in [0.5, 0.6) is 5.75 Å². The van der Waals surface area contributed by atoms with Crippen molar-refractivity contribution in [1.29, 1.82) is 0 Å². The van der Waals surface area contributed by atoms with E-state index in [0.29, 0.717) is 30.9 Å². The number of aryl methyl sites for hydroxylation is 1. The summed E-state index contributed by atoms with van der Waals surface area (Å²) in [5, 5.41) is 3.03. The minimum atomic E-state index is -0.543. The van der Waals surface area contributed by atoms with E-state index in [1.165, 1.54) is 11.1 Å². The maximum absolute atomic E-state index is 13.4. The smallest absolute Gasteiger partial charge is 0.255 e. The Labute approximate surface area is 214 Å². The molecule has 36 heavy (non-hydrogen) atoms. The summed E-state index contributed by atoms with van der Waals surface area (Å²) in [5.74, 6) is 0.561. The highest BCUT2D eigenvalue weighted by Crippen LogP contribution is 2.21. The maximum atomic E-state index is 13.4. The monoisotopic (exact) mass is 484 g/mol. The van der Waals surface area contributed by atoms with Crippen LogP contribution in [0.15, 0.2) is 78.9 Å². The fraction of sp³-hybridized carbons (Fsp3) is 0.355. The molecule has 0 radical (unpaired) electrons. The third-order valence-corrected chi connectivity index (χ3v) is 6.58. The number of nitrogens with one attached hydrogen (secondary N) is 1. The van der Waals surface area contributed by atoms with Gasteiger partial charge in [-0.15, -0.1) is 0 Å². The quantitative estimate of drug-likeness (QED) is 0.417. The third kappa shape index (κ3) is 7.05. The Bertz CT molecular complexity index is 1160. The molecule has 0 fully saturated rings. The van der Waals surface area contributed by atoms with Gasteiger partial charge in [0, 0.05) is 6.54 Å². The van der Waals surface area contributed by atoms with Crippen LogP contribution in [0.1, 0.15) is 53.7 Å². The zero-order valence-electron chi connectivity index (χ0n) is 21.3. The molecule has 0 unspecified atom stereocenters. The maximum Gasteiger partial charge on any atom is 0.255 e. The lowest BCUT2D eigenvalue weighted by atomic mass is 9.99. The van der Waals surface area contributed by atoms with Crippen LogP contribution in [0.25, 0.3) is 0 Å². The average Bonchev–Trinajstić information content (AvgIpc) is 3.09. The molecule has 0 aromatic heterocycles. The van der Waals surface area contributed by atoms with Gasteiger partial charge in [0.15, 0.2) is 5.78 Å². The fourth-order valence-electron chi connectivity index (χ4n) is 4.73. The molecule has 1 atom stereocenters. The van der Waals surface area contributed by atoms with Crippen LogP contribution in [-0.2, 0) is 24.4 Å². The van der Waals surface area contributed by atoms with Crippen molar-refractivity contribution < 1.29 is 14.3 Å². The van der Waals surface area contributed by atoms with Gasteiger partial charge in [-0.05, 0) is 60.5 Å². The predicted octanol–water partition coefficient (Wildman–Crippen LogP) is 5.43. The van der Waals surface area contributed by atoms with Crippen molar-refractivity contribution in [3.05, 3.63) is 101 Å². The first-order chi connectivity index (χ1) is 17.5. The third-order valence-electron chi connectivity index (χ3n) is 6.58. The van der Waals surface area contributed by atoms with E-state index < -0.39 is 6.04 Å². The van der Waals surface area contributed by atoms with Crippen LogP contribution in [0, 0.1) is 5.92 Å². The highest BCUT2D eigenvalue weighted by Gasteiger charge is 2.26. The van der Waals surface area contributed by atoms with E-state index in [2.05, 4.69) is 48.3 Å². The summed E-state index contributed by atoms with van der Waals surface area (Å²) in [4.78, 5) is 29.0. The number of Topliss-reactive ketones (excluding diaryl/α,β-unsaturated/α-hetero) is 1. The van der Waals surface area contributed by atoms with Crippen molar-refractivity contribution in [2.24, 2.45) is 5.92 Å². The number of rotatable bonds is 10. The number of carbonyl (C=O) groups excluding carboxylic acids is 2. The van der Waals surface area contributed by atoms with E-state index in [-0.39, 0.29) is 17.6 Å². The van der Waals surface area contributed by atoms with E-state index in [9.17, 15) is 9.59 Å². The fourth-order valence-corrected chi connectivity index (χ4v) is 4.73. The zero-order valence-corrected chi connectivity index (χ0v) is 21.3. The summed E-state index contributed by atoms with van der Waals surface area (Å²) in [5.41, 5.74) is 4.13. The van der Waals surface area contributed by atoms with E-state index >= 15 is 0 Å². The zero-order chi connectivity index (χ0) is 25.3. The Hall–Kier alpha value is -3.44. The molecule has 0 saturated carbocycles. The normalized spacial score (nSPS) is 14.5. The number of nitrogens with zero attached hydrogens (tertiary/aromatic N) is 1. The van der Waals surface area contributed by atoms with Gasteiger partial charge < -0.3 is 10.1 Å². The van der Waals surface area contributed by atoms with Gasteiger partial charge >= 0.3 is 0 Å². The van der Waals surface area contributed by atoms with Crippen molar-refractivity contribution in [1.82, 2.24) is 10.2 Å². The SMILES string of the molecule is CC(C)C[C@H](NC(=O)c1ccccc1OCc1ccccc1)C(=O)CN1CCCc2ccccc2C1. The first-order valence-corrected chi connectivity index (χ1v) is 12.9. The van der Waals surface area contributed by atoms with Crippen LogP contribution in [0.4, 0.5) is 0 Å². The van der Waals surface area contributed by atoms with Gasteiger partial charge in [-0.1, -0.05) is 80.6 Å². The number of para-hydroxylation sites is 1. The van der Waals surface area contributed by atoms with Gasteiger partial charge in [-0.3, -0.25) is 14.5 Å². The van der Waals surface area contributed by atoms with Crippen molar-refractivity contribution in [3.8, 4) is 5.75 Å². The Kier molecular flexibility index (Phi) is 8.90. The number of ketones is 1. The first kappa shape index (κ1) is 25.6. The summed E-state index contributed by atoms with van der Waals surface area (Å²) < 4.78 is 5.98. The molecule has 188 valence electrons. The number of benzene rings is 3. The number of hydrogen-bond donors (Lipinski definition) is 1. The molecule has 0 bridgehead atoms. The summed E-state index contributed by atoms with van der Waals surface area (Å²) in [6.07, 6.45) is 2.66. The van der Waals surface area contributed by atoms with Gasteiger partial charge in [0.1, 0.15) is 12.4 Å². The lowest BCUT2D eigenvalue weighted by Gasteiger charge is -2.25. The molecule has 1 amide bonds. The van der Waals surface area contributed by atoms with Crippen molar-refractivity contribution in [2.45, 2.75) is 52.3 Å². The van der Waals surface area contributed by atoms with Crippen molar-refractivity contribution >= 4 is 11.7 Å². The van der Waals surface area contributed by atoms with E-state index in [1.807, 2.05) is 42.5 Å². The van der Waals surface area contributed by atoms with Crippen molar-refractivity contribution in [2.75, 3.05) is 13.1 Å². The number of carbonyl (C=O) groups is 2. The molecule has 1 heterocycles. The molecule has 3 aromatic rings. The molecule has 1 aliphatic heterocycles. The molecule has 3 aromatic carbocycles. The van der Waals surface area contributed by atoms with Crippen LogP contribution >= 0.6 is 0 Å². The molecule has 0 saturated heterocycles. The molecule has 5 heteroatoms. The molecule has 5 nitrogen and oxygen atoms in total. The molecule has 1 N–H and O–H groups in total. The minimum Gasteiger partial charge on any atom is -0.488 e. The van der Waals surface area contributed by atoms with E-state index in [0.717, 1.165) is 31.5 Å². The second kappa shape index (κ2) is 12.5. The van der Waals surface area contributed by atoms with Crippen LogP contribution in [0.2, 0.25) is 0 Å². The Morgan fingerprint density at radius 1 is 0.917 bits per heavy atom. The largest absolute Gasteiger partial charge is 0.488 e. The van der Waals surface area contributed by atoms with Gasteiger partial charge in [0.05, 0.1) is 18.2 Å². The Balaban J connectivity index is 1.43. The van der Waals surface area contributed by atoms with Crippen LogP contribution < -0.4 is 10.1 Å². The minimum absolute atomic E-state index is 0.0547. The lowest BCUT2D eigenvalue weighted by Crippen LogP contribution is -2.46. The molecule has 0 aliphatic carbocycles. The summed E-state index contributed by atoms with van der Waals surface area (Å²) in [7, 11) is 0. The topological polar surface area (TPSA) is 58.6 Å². The highest BCUT2D eigenvalue weighted by molar-refractivity contribution is 6.00. The summed E-state index contributed by atoms with van der Waals surface area (Å²) in [6.45, 7) is 6.49. The van der Waals surface area contributed by atoms with Crippen LogP contribution in [0.3, 0.4) is 0 Å². The number of amides is 1. The van der Waals surface area contributed by atoms with Gasteiger partial charge in [-0.2, -0.15) is 0 Å². The van der Waals surface area contributed by atoms with Gasteiger partial charge in [0.25, 0.3) is 5.91 Å². The second-order valence-corrected chi connectivity index (χ2v) is 9.98. The number of ether oxygens (including phenoxy) is 1. The molecular formula is C31H36N2O3.